The lowest BCUT2D eigenvalue weighted by Crippen LogP contribution is -3.12. The molecule has 33 unspecified atom stereocenters. The van der Waals surface area contributed by atoms with Crippen molar-refractivity contribution in [2.75, 3.05) is 0 Å². The Hall–Kier alpha value is 0.0249. The van der Waals surface area contributed by atoms with Crippen molar-refractivity contribution >= 4 is 7.85 Å². The smallest absolute Gasteiger partial charge is 0.111 e. The summed E-state index contributed by atoms with van der Waals surface area (Å²) in [7, 11) is 3.08. The lowest BCUT2D eigenvalue weighted by Gasteiger charge is -3.16. The zero-order valence-electron chi connectivity index (χ0n) is 38.8. The zero-order chi connectivity index (χ0) is 39.3. The second-order valence-corrected chi connectivity index (χ2v) is 41.0. The van der Waals surface area contributed by atoms with Gasteiger partial charge in [0.15, 0.2) is 0 Å². The van der Waals surface area contributed by atoms with Crippen LogP contribution in [0.3, 0.4) is 0 Å². The van der Waals surface area contributed by atoms with Crippen molar-refractivity contribution in [3.63, 3.8) is 0 Å². The number of hydrogen-bond donors (Lipinski definition) is 1. The normalized spacial score (nSPS) is 118. The molecule has 35 aliphatic carbocycles. The third-order valence-electron chi connectivity index (χ3n) is 49.9. The maximum absolute atomic E-state index is 13.5. The van der Waals surface area contributed by atoms with Crippen molar-refractivity contribution in [1.82, 2.24) is 0 Å². The highest BCUT2D eigenvalue weighted by atomic mass is 16.3. The molecule has 0 aromatic rings. The molecular formula is C63H57BO. The summed E-state index contributed by atoms with van der Waals surface area (Å²) in [4.78, 5) is 0. The van der Waals surface area contributed by atoms with Gasteiger partial charge in [-0.15, -0.1) is 0 Å². The molecule has 30 spiro atoms. The molecule has 35 fully saturated rings. The highest BCUT2D eigenvalue weighted by Crippen LogP contribution is 3.52. The molecule has 1 nitrogen and oxygen atoms in total. The molecule has 0 heterocycles. The molecule has 0 aromatic carbocycles. The number of fused-ring (bicyclic) bond motifs is 6. The van der Waals surface area contributed by atoms with Gasteiger partial charge in [-0.25, -0.2) is 0 Å². The minimum Gasteiger partial charge on any atom is -0.389 e. The first-order valence-corrected chi connectivity index (χ1v) is 30.8. The number of rotatable bonds is 0. The van der Waals surface area contributed by atoms with Crippen LogP contribution >= 0.6 is 0 Å². The van der Waals surface area contributed by atoms with Gasteiger partial charge < -0.3 is 5.11 Å². The van der Waals surface area contributed by atoms with Crippen LogP contribution in [0.1, 0.15) is 149 Å². The van der Waals surface area contributed by atoms with Crippen LogP contribution < -0.4 is 0 Å². The second kappa shape index (κ2) is 4.31. The molecule has 40 atom stereocenters. The zero-order valence-corrected chi connectivity index (χ0v) is 38.8. The van der Waals surface area contributed by atoms with Crippen molar-refractivity contribution in [2.24, 2.45) is 209 Å². The first kappa shape index (κ1) is 26.6. The fraction of sp³-hybridized carbons (Fsp3) is 1.00. The van der Waals surface area contributed by atoms with Crippen molar-refractivity contribution in [1.29, 1.82) is 0 Å². The molecule has 1 N–H and O–H groups in total. The van der Waals surface area contributed by atoms with E-state index in [2.05, 4.69) is 21.7 Å². The van der Waals surface area contributed by atoms with E-state index in [0.29, 0.717) is 21.7 Å². The number of hydrogen-bond acceptors (Lipinski definition) is 1. The van der Waals surface area contributed by atoms with E-state index in [1.165, 1.54) is 36.0 Å². The summed E-state index contributed by atoms with van der Waals surface area (Å²) in [5.74, 6) is 7.36. The Labute approximate surface area is 379 Å². The molecule has 0 saturated heterocycles. The average Bonchev–Trinajstić information content (AvgIpc) is 3.93. The minimum atomic E-state index is -0.214. The molecular weight excluding hydrogens is 784 g/mol. The van der Waals surface area contributed by atoms with Crippen molar-refractivity contribution in [3.8, 4) is 0 Å². The maximum atomic E-state index is 13.5. The Balaban J connectivity index is 0.591. The Morgan fingerprint density at radius 1 is 0.323 bits per heavy atom. The third-order valence-corrected chi connectivity index (χ3v) is 49.9. The van der Waals surface area contributed by atoms with Crippen LogP contribution in [0.15, 0.2) is 0 Å². The predicted octanol–water partition coefficient (Wildman–Crippen LogP) is 8.49. The summed E-state index contributed by atoms with van der Waals surface area (Å²) in [6, 6.07) is 0. The minimum absolute atomic E-state index is 0.214. The second-order valence-electron chi connectivity index (χ2n) is 41.0. The molecule has 2 heteroatoms. The Bertz CT molecular complexity index is 3870. The van der Waals surface area contributed by atoms with Crippen LogP contribution in [0.5, 0.6) is 0 Å². The van der Waals surface area contributed by atoms with Gasteiger partial charge in [-0.1, -0.05) is 13.8 Å². The molecule has 35 rings (SSSR count). The van der Waals surface area contributed by atoms with E-state index in [9.17, 15) is 5.11 Å². The van der Waals surface area contributed by atoms with E-state index in [1.54, 1.807) is 77.0 Å². The van der Waals surface area contributed by atoms with E-state index in [0.717, 1.165) is 163 Å². The first-order chi connectivity index (χ1) is 31.1. The highest BCUT2D eigenvalue weighted by Gasteiger charge is 3.48. The van der Waals surface area contributed by atoms with Gasteiger partial charge >= 0.3 is 0 Å². The molecule has 0 radical (unpaired) electrons. The molecule has 318 valence electrons. The van der Waals surface area contributed by atoms with Crippen molar-refractivity contribution in [2.45, 2.75) is 160 Å². The van der Waals surface area contributed by atoms with Gasteiger partial charge in [-0.2, -0.15) is 0 Å². The van der Waals surface area contributed by atoms with Gasteiger partial charge in [-0.3, -0.25) is 0 Å². The molecule has 65 heavy (non-hydrogen) atoms. The molecule has 0 aromatic heterocycles. The van der Waals surface area contributed by atoms with Crippen LogP contribution in [-0.4, -0.2) is 18.6 Å². The largest absolute Gasteiger partial charge is 0.389 e. The van der Waals surface area contributed by atoms with Gasteiger partial charge in [0.1, 0.15) is 7.85 Å². The fourth-order valence-corrected chi connectivity index (χ4v) is 56.8. The first-order valence-electron chi connectivity index (χ1n) is 30.8. The quantitative estimate of drug-likeness (QED) is 0.243. The van der Waals surface area contributed by atoms with Crippen LogP contribution in [-0.2, 0) is 0 Å². The summed E-state index contributed by atoms with van der Waals surface area (Å²) >= 11 is 0. The molecule has 0 aliphatic heterocycles. The van der Waals surface area contributed by atoms with Gasteiger partial charge in [-0.05, 0) is 338 Å². The summed E-state index contributed by atoms with van der Waals surface area (Å²) in [5, 5.41) is 14.3. The van der Waals surface area contributed by atoms with Crippen LogP contribution in [0.2, 0.25) is 5.31 Å². The van der Waals surface area contributed by atoms with Crippen molar-refractivity contribution < 1.29 is 5.11 Å². The Kier molecular flexibility index (Phi) is 1.76. The fourth-order valence-electron chi connectivity index (χ4n) is 56.8. The van der Waals surface area contributed by atoms with E-state index in [1.807, 2.05) is 51.4 Å². The van der Waals surface area contributed by atoms with E-state index in [4.69, 9.17) is 0 Å². The summed E-state index contributed by atoms with van der Waals surface area (Å²) in [6.07, 6.45) is 36.6. The molecule has 35 saturated carbocycles. The van der Waals surface area contributed by atoms with Gasteiger partial charge in [0.2, 0.25) is 0 Å². The highest BCUT2D eigenvalue weighted by molar-refractivity contribution is 6.24. The van der Waals surface area contributed by atoms with Crippen molar-refractivity contribution in [3.05, 3.63) is 0 Å². The lowest BCUT2D eigenvalue weighted by molar-refractivity contribution is -0.699. The van der Waals surface area contributed by atoms with E-state index >= 15 is 0 Å². The summed E-state index contributed by atoms with van der Waals surface area (Å²) in [6.45, 7) is 6.05. The molecule has 0 amide bonds. The van der Waals surface area contributed by atoms with Crippen LogP contribution in [0, 0.1) is 209 Å². The maximum Gasteiger partial charge on any atom is 0.111 e. The standard InChI is InChI=1S/C63H57BO/c1-30-26-35-7-42-5-33(53(42)17-43(53)18-54(35,42)43)3-32-4-34(25(32)24(32)33)6-44-14-46-19-56-57(64)20-41-12-39-11-40-13-45-10-37-9-38-21-58(65,47(26,30)8-35)52(30,38)16-36(37,38)15-51(37,45)31(2)27(59(31,40)45)48(39,40)22-49(39,41)28-62(41,57)63(28,56)61(46,56)29-50(60(29,44)46)23-55(34,44)50/h24-29,65H,3-23,64H2,1-2H3/t24-,25?,26?,27+,28?,29+,30-,31?,32?,33?,34?,35?,36?,37?,38?,39?,40?,41?,42?,43?,44?,45?,46?,47?,48?,49?,50?,51?,52-,53?,54?,55?,56?,57?,58?,59?,60?,61+,62?,63+/m1/s1. The van der Waals surface area contributed by atoms with Crippen LogP contribution in [0.4, 0.5) is 0 Å². The summed E-state index contributed by atoms with van der Waals surface area (Å²) in [5.41, 5.74) is 26.6. The average molecular weight is 841 g/mol. The van der Waals surface area contributed by atoms with Gasteiger partial charge in [0, 0.05) is 10.8 Å². The molecule has 35 aliphatic rings. The van der Waals surface area contributed by atoms with Gasteiger partial charge in [0.25, 0.3) is 0 Å². The predicted molar refractivity (Wildman–Crippen MR) is 223 cm³/mol. The van der Waals surface area contributed by atoms with Gasteiger partial charge in [0.05, 0.1) is 5.60 Å². The number of aliphatic hydroxyl groups is 1. The monoisotopic (exact) mass is 840 g/mol. The lowest BCUT2D eigenvalue weighted by atomic mass is 8.87. The van der Waals surface area contributed by atoms with E-state index < -0.39 is 0 Å². The summed E-state index contributed by atoms with van der Waals surface area (Å²) < 4.78 is 0. The Morgan fingerprint density at radius 3 is 1.74 bits per heavy atom. The Morgan fingerprint density at radius 2 is 0.938 bits per heavy atom. The SMILES string of the molecule is BC12CC34CC56CC78CC9%10CC%11%12CC%13%14CC%15(O)C%16%17CC%18%19CC%20%21CC%22(CC%23%24CC%25(CC%26%27CC%28%29CC1%30[C@@]1(C(C53CC67[C@@H]3C(C)(C%119CC%12%13C[C@]%15%14[C@]%16(C)C%18%17)C38%10)C241)[C@@]%28%30[C@H]1C2(CC%25%262)C1%27%29)C%23[C@H]%24%22)C%201CC12CC%19%212. The molecule has 0 bridgehead atoms. The van der Waals surface area contributed by atoms with Crippen LogP contribution in [0.25, 0.3) is 0 Å². The topological polar surface area (TPSA) is 20.2 Å². The van der Waals surface area contributed by atoms with E-state index in [-0.39, 0.29) is 5.60 Å². The third kappa shape index (κ3) is 0.841.